The second kappa shape index (κ2) is 8.31. The summed E-state index contributed by atoms with van der Waals surface area (Å²) in [5.74, 6) is 1.30. The molecule has 1 nitrogen and oxygen atoms in total. The van der Waals surface area contributed by atoms with Gasteiger partial charge in [-0.25, -0.2) is 0 Å². The van der Waals surface area contributed by atoms with Crippen molar-refractivity contribution >= 4 is 0 Å². The van der Waals surface area contributed by atoms with Crippen LogP contribution in [0, 0.1) is 5.92 Å². The molecular formula is C17H29N. The van der Waals surface area contributed by atoms with Gasteiger partial charge in [-0.1, -0.05) is 63.9 Å². The van der Waals surface area contributed by atoms with Gasteiger partial charge in [-0.05, 0) is 30.7 Å². The third kappa shape index (κ3) is 5.22. The Kier molecular flexibility index (Phi) is 7.04. The molecule has 0 aromatic heterocycles. The van der Waals surface area contributed by atoms with Gasteiger partial charge in [0.2, 0.25) is 0 Å². The van der Waals surface area contributed by atoms with Gasteiger partial charge in [-0.3, -0.25) is 0 Å². The Morgan fingerprint density at radius 2 is 1.72 bits per heavy atom. The lowest BCUT2D eigenvalue weighted by Crippen LogP contribution is -2.32. The first-order valence-corrected chi connectivity index (χ1v) is 7.43. The van der Waals surface area contributed by atoms with Crippen molar-refractivity contribution in [3.63, 3.8) is 0 Å². The number of rotatable bonds is 8. The van der Waals surface area contributed by atoms with Crippen LogP contribution < -0.4 is 5.32 Å². The Morgan fingerprint density at radius 3 is 2.28 bits per heavy atom. The smallest absolute Gasteiger partial charge is 0.00389 e. The van der Waals surface area contributed by atoms with Crippen molar-refractivity contribution in [3.8, 4) is 0 Å². The van der Waals surface area contributed by atoms with E-state index < -0.39 is 0 Å². The van der Waals surface area contributed by atoms with Crippen LogP contribution in [-0.2, 0) is 0 Å². The van der Waals surface area contributed by atoms with Crippen LogP contribution in [0.1, 0.15) is 58.4 Å². The number of unbranched alkanes of at least 4 members (excludes halogenated alkanes) is 1. The fraction of sp³-hybridized carbons (Fsp3) is 0.647. The van der Waals surface area contributed by atoms with E-state index in [4.69, 9.17) is 0 Å². The molecular weight excluding hydrogens is 218 g/mol. The molecule has 0 amide bonds. The summed E-state index contributed by atoms with van der Waals surface area (Å²) in [4.78, 5) is 0. The fourth-order valence-electron chi connectivity index (χ4n) is 2.38. The van der Waals surface area contributed by atoms with Crippen LogP contribution in [0.15, 0.2) is 30.3 Å². The molecule has 0 radical (unpaired) electrons. The molecule has 0 bridgehead atoms. The molecule has 2 unspecified atom stereocenters. The monoisotopic (exact) mass is 247 g/mol. The van der Waals surface area contributed by atoms with E-state index in [1.54, 1.807) is 0 Å². The summed E-state index contributed by atoms with van der Waals surface area (Å²) < 4.78 is 0. The molecule has 0 aliphatic rings. The van der Waals surface area contributed by atoms with Crippen molar-refractivity contribution in [2.45, 2.75) is 58.9 Å². The van der Waals surface area contributed by atoms with Gasteiger partial charge in [-0.15, -0.1) is 0 Å². The van der Waals surface area contributed by atoms with Gasteiger partial charge in [0.15, 0.2) is 0 Å². The molecule has 2 atom stereocenters. The first kappa shape index (κ1) is 15.2. The van der Waals surface area contributed by atoms with Gasteiger partial charge in [0.1, 0.15) is 0 Å². The van der Waals surface area contributed by atoms with E-state index >= 15 is 0 Å². The van der Waals surface area contributed by atoms with Crippen molar-refractivity contribution in [2.75, 3.05) is 6.54 Å². The Labute approximate surface area is 113 Å². The van der Waals surface area contributed by atoms with Crippen molar-refractivity contribution in [1.29, 1.82) is 0 Å². The summed E-state index contributed by atoms with van der Waals surface area (Å²) >= 11 is 0. The Morgan fingerprint density at radius 1 is 1.06 bits per heavy atom. The lowest BCUT2D eigenvalue weighted by Gasteiger charge is -2.24. The third-order valence-corrected chi connectivity index (χ3v) is 3.71. The largest absolute Gasteiger partial charge is 0.314 e. The van der Waals surface area contributed by atoms with E-state index in [1.165, 1.54) is 24.8 Å². The van der Waals surface area contributed by atoms with Crippen LogP contribution in [0.5, 0.6) is 0 Å². The zero-order valence-electron chi connectivity index (χ0n) is 12.4. The summed E-state index contributed by atoms with van der Waals surface area (Å²) in [6.45, 7) is 10.3. The first-order valence-electron chi connectivity index (χ1n) is 7.43. The maximum atomic E-state index is 3.70. The zero-order chi connectivity index (χ0) is 13.4. The van der Waals surface area contributed by atoms with Crippen molar-refractivity contribution in [2.24, 2.45) is 5.92 Å². The van der Waals surface area contributed by atoms with Gasteiger partial charge >= 0.3 is 0 Å². The minimum Gasteiger partial charge on any atom is -0.314 e. The molecule has 0 heterocycles. The van der Waals surface area contributed by atoms with Gasteiger partial charge in [0, 0.05) is 12.6 Å². The summed E-state index contributed by atoms with van der Waals surface area (Å²) in [6, 6.07) is 11.5. The normalized spacial score (nSPS) is 14.7. The molecule has 0 fully saturated rings. The number of nitrogens with one attached hydrogen (secondary N) is 1. The number of hydrogen-bond donors (Lipinski definition) is 1. The fourth-order valence-corrected chi connectivity index (χ4v) is 2.38. The molecule has 1 rings (SSSR count). The van der Waals surface area contributed by atoms with Crippen molar-refractivity contribution in [1.82, 2.24) is 5.32 Å². The van der Waals surface area contributed by atoms with E-state index in [2.05, 4.69) is 63.3 Å². The maximum Gasteiger partial charge on any atom is 0.00389 e. The highest BCUT2D eigenvalue weighted by Crippen LogP contribution is 2.23. The molecule has 0 aliphatic carbocycles. The highest BCUT2D eigenvalue weighted by atomic mass is 14.9. The Hall–Kier alpha value is -0.820. The Balaban J connectivity index is 2.49. The van der Waals surface area contributed by atoms with E-state index in [0.717, 1.165) is 6.54 Å². The van der Waals surface area contributed by atoms with Crippen LogP contribution in [0.2, 0.25) is 0 Å². The van der Waals surface area contributed by atoms with Crippen LogP contribution in [0.25, 0.3) is 0 Å². The van der Waals surface area contributed by atoms with E-state index in [9.17, 15) is 0 Å². The van der Waals surface area contributed by atoms with Gasteiger partial charge in [0.25, 0.3) is 0 Å². The van der Waals surface area contributed by atoms with Gasteiger partial charge < -0.3 is 5.32 Å². The van der Waals surface area contributed by atoms with Gasteiger partial charge in [0.05, 0.1) is 0 Å². The van der Waals surface area contributed by atoms with Crippen LogP contribution >= 0.6 is 0 Å². The topological polar surface area (TPSA) is 12.0 Å². The highest BCUT2D eigenvalue weighted by molar-refractivity contribution is 5.20. The number of hydrogen-bond acceptors (Lipinski definition) is 1. The van der Waals surface area contributed by atoms with Crippen molar-refractivity contribution in [3.05, 3.63) is 35.9 Å². The Bertz CT molecular complexity index is 305. The molecule has 0 spiro atoms. The standard InChI is InChI=1S/C17H29N/c1-5-6-10-15(4)18-13-17(14(2)3)16-11-8-7-9-12-16/h7-9,11-12,14-15,17-18H,5-6,10,13H2,1-4H3. The molecule has 102 valence electrons. The summed E-state index contributed by atoms with van der Waals surface area (Å²) in [5, 5.41) is 3.70. The lowest BCUT2D eigenvalue weighted by atomic mass is 9.88. The van der Waals surface area contributed by atoms with E-state index in [1.807, 2.05) is 0 Å². The minimum atomic E-state index is 0.621. The molecule has 0 saturated carbocycles. The first-order chi connectivity index (χ1) is 8.65. The molecule has 0 saturated heterocycles. The second-order valence-electron chi connectivity index (χ2n) is 5.71. The molecule has 1 heteroatoms. The average molecular weight is 247 g/mol. The van der Waals surface area contributed by atoms with E-state index in [0.29, 0.717) is 17.9 Å². The zero-order valence-corrected chi connectivity index (χ0v) is 12.4. The molecule has 1 N–H and O–H groups in total. The highest BCUT2D eigenvalue weighted by Gasteiger charge is 2.16. The SMILES string of the molecule is CCCCC(C)NCC(c1ccccc1)C(C)C. The minimum absolute atomic E-state index is 0.621. The average Bonchev–Trinajstić information content (AvgIpc) is 2.37. The predicted octanol–water partition coefficient (Wildman–Crippen LogP) is 4.59. The molecule has 0 aliphatic heterocycles. The maximum absolute atomic E-state index is 3.70. The van der Waals surface area contributed by atoms with Gasteiger partial charge in [-0.2, -0.15) is 0 Å². The molecule has 1 aromatic carbocycles. The lowest BCUT2D eigenvalue weighted by molar-refractivity contribution is 0.416. The summed E-state index contributed by atoms with van der Waals surface area (Å²) in [7, 11) is 0. The second-order valence-corrected chi connectivity index (χ2v) is 5.71. The van der Waals surface area contributed by atoms with Crippen LogP contribution in [-0.4, -0.2) is 12.6 Å². The van der Waals surface area contributed by atoms with E-state index in [-0.39, 0.29) is 0 Å². The summed E-state index contributed by atoms with van der Waals surface area (Å²) in [5.41, 5.74) is 1.46. The van der Waals surface area contributed by atoms with Crippen LogP contribution in [0.3, 0.4) is 0 Å². The summed E-state index contributed by atoms with van der Waals surface area (Å²) in [6.07, 6.45) is 3.90. The third-order valence-electron chi connectivity index (χ3n) is 3.71. The number of benzene rings is 1. The van der Waals surface area contributed by atoms with Crippen molar-refractivity contribution < 1.29 is 0 Å². The predicted molar refractivity (Wildman–Crippen MR) is 81.0 cm³/mol. The molecule has 18 heavy (non-hydrogen) atoms. The molecule has 1 aromatic rings. The van der Waals surface area contributed by atoms with Crippen LogP contribution in [0.4, 0.5) is 0 Å². The quantitative estimate of drug-likeness (QED) is 0.708.